The van der Waals surface area contributed by atoms with Gasteiger partial charge in [-0.3, -0.25) is 4.79 Å². The van der Waals surface area contributed by atoms with Crippen LogP contribution in [0.5, 0.6) is 17.2 Å². The van der Waals surface area contributed by atoms with Crippen molar-refractivity contribution in [2.24, 2.45) is 0 Å². The van der Waals surface area contributed by atoms with Crippen molar-refractivity contribution >= 4 is 5.97 Å². The lowest BCUT2D eigenvalue weighted by molar-refractivity contribution is -0.138. The van der Waals surface area contributed by atoms with Crippen LogP contribution < -0.4 is 0 Å². The molecule has 0 saturated carbocycles. The molecule has 5 nitrogen and oxygen atoms in total. The summed E-state index contributed by atoms with van der Waals surface area (Å²) in [5.41, 5.74) is 0.0975. The van der Waals surface area contributed by atoms with Gasteiger partial charge in [0.15, 0.2) is 11.5 Å². The Hall–Kier alpha value is -1.91. The van der Waals surface area contributed by atoms with E-state index in [0.29, 0.717) is 0 Å². The lowest BCUT2D eigenvalue weighted by atomic mass is 9.95. The fourth-order valence-corrected chi connectivity index (χ4v) is 1.39. The summed E-state index contributed by atoms with van der Waals surface area (Å²) in [5.74, 6) is -3.72. The van der Waals surface area contributed by atoms with Gasteiger partial charge < -0.3 is 20.4 Å². The Balaban J connectivity index is 3.25. The van der Waals surface area contributed by atoms with Crippen molar-refractivity contribution in [2.75, 3.05) is 0 Å². The number of carbonyl (C=O) groups is 1. The van der Waals surface area contributed by atoms with E-state index in [-0.39, 0.29) is 12.0 Å². The Kier molecular flexibility index (Phi) is 3.04. The second-order valence-electron chi connectivity index (χ2n) is 3.17. The first-order valence-electron chi connectivity index (χ1n) is 4.45. The largest absolute Gasteiger partial charge is 0.504 e. The van der Waals surface area contributed by atoms with Crippen LogP contribution in [0.1, 0.15) is 24.8 Å². The van der Waals surface area contributed by atoms with Crippen molar-refractivity contribution in [2.45, 2.75) is 19.3 Å². The van der Waals surface area contributed by atoms with E-state index < -0.39 is 29.1 Å². The van der Waals surface area contributed by atoms with Gasteiger partial charge in [0, 0.05) is 5.56 Å². The van der Waals surface area contributed by atoms with E-state index in [1.165, 1.54) is 6.07 Å². The number of aromatic hydroxyl groups is 3. The summed E-state index contributed by atoms with van der Waals surface area (Å²) in [6.45, 7) is 1.65. The first-order chi connectivity index (χ1) is 6.99. The third-order valence-corrected chi connectivity index (χ3v) is 2.24. The van der Waals surface area contributed by atoms with E-state index >= 15 is 0 Å². The monoisotopic (exact) mass is 212 g/mol. The minimum absolute atomic E-state index is 0.0975. The summed E-state index contributed by atoms with van der Waals surface area (Å²) < 4.78 is 0. The smallest absolute Gasteiger partial charge is 0.311 e. The number of carboxylic acid groups (broad SMARTS) is 1. The van der Waals surface area contributed by atoms with Gasteiger partial charge in [-0.15, -0.1) is 0 Å². The number of aliphatic carboxylic acids is 1. The molecule has 0 saturated heterocycles. The van der Waals surface area contributed by atoms with Crippen LogP contribution in [-0.2, 0) is 4.79 Å². The summed E-state index contributed by atoms with van der Waals surface area (Å²) in [7, 11) is 0. The third-order valence-electron chi connectivity index (χ3n) is 2.24. The van der Waals surface area contributed by atoms with Crippen LogP contribution in [0, 0.1) is 0 Å². The SMILES string of the molecule is CCC(C(=O)O)c1ccc(O)c(O)c1O. The second-order valence-corrected chi connectivity index (χ2v) is 3.17. The summed E-state index contributed by atoms with van der Waals surface area (Å²) in [6.07, 6.45) is 0.285. The molecule has 1 unspecified atom stereocenters. The van der Waals surface area contributed by atoms with Crippen LogP contribution in [0.25, 0.3) is 0 Å². The highest BCUT2D eigenvalue weighted by molar-refractivity contribution is 5.78. The predicted octanol–water partition coefficient (Wildman–Crippen LogP) is 1.38. The van der Waals surface area contributed by atoms with Gasteiger partial charge in [-0.1, -0.05) is 13.0 Å². The third kappa shape index (κ3) is 1.96. The number of benzene rings is 1. The Labute approximate surface area is 86.2 Å². The van der Waals surface area contributed by atoms with E-state index in [4.69, 9.17) is 10.2 Å². The molecule has 0 radical (unpaired) electrons. The molecule has 5 heteroatoms. The Morgan fingerprint density at radius 2 is 1.87 bits per heavy atom. The molecule has 82 valence electrons. The molecule has 0 aliphatic heterocycles. The maximum absolute atomic E-state index is 10.8. The van der Waals surface area contributed by atoms with Crippen molar-refractivity contribution in [1.29, 1.82) is 0 Å². The highest BCUT2D eigenvalue weighted by Gasteiger charge is 2.23. The molecule has 1 atom stereocenters. The summed E-state index contributed by atoms with van der Waals surface area (Å²) >= 11 is 0. The fourth-order valence-electron chi connectivity index (χ4n) is 1.39. The molecule has 0 aromatic heterocycles. The highest BCUT2D eigenvalue weighted by Crippen LogP contribution is 2.40. The first kappa shape index (κ1) is 11.2. The van der Waals surface area contributed by atoms with Gasteiger partial charge in [0.25, 0.3) is 0 Å². The van der Waals surface area contributed by atoms with E-state index in [1.54, 1.807) is 6.92 Å². The zero-order valence-electron chi connectivity index (χ0n) is 8.14. The molecule has 15 heavy (non-hydrogen) atoms. The number of hydrogen-bond donors (Lipinski definition) is 4. The van der Waals surface area contributed by atoms with Gasteiger partial charge in [-0.25, -0.2) is 0 Å². The van der Waals surface area contributed by atoms with Gasteiger partial charge in [0.1, 0.15) is 0 Å². The molecule has 4 N–H and O–H groups in total. The van der Waals surface area contributed by atoms with Crippen LogP contribution in [0.3, 0.4) is 0 Å². The second kappa shape index (κ2) is 4.08. The number of hydrogen-bond acceptors (Lipinski definition) is 4. The zero-order valence-corrected chi connectivity index (χ0v) is 8.14. The molecular weight excluding hydrogens is 200 g/mol. The van der Waals surface area contributed by atoms with E-state index in [1.807, 2.05) is 0 Å². The Morgan fingerprint density at radius 3 is 2.33 bits per heavy atom. The number of phenolic OH excluding ortho intramolecular Hbond substituents is 3. The first-order valence-corrected chi connectivity index (χ1v) is 4.45. The lowest BCUT2D eigenvalue weighted by Gasteiger charge is -2.13. The molecular formula is C10H12O5. The standard InChI is InChI=1S/C10H12O5/c1-2-5(10(14)15)6-3-4-7(11)9(13)8(6)12/h3-5,11-13H,2H2,1H3,(H,14,15). The summed E-state index contributed by atoms with van der Waals surface area (Å²) in [5, 5.41) is 36.6. The molecule has 0 heterocycles. The normalized spacial score (nSPS) is 12.3. The van der Waals surface area contributed by atoms with Crippen LogP contribution in [-0.4, -0.2) is 26.4 Å². The molecule has 1 rings (SSSR count). The minimum Gasteiger partial charge on any atom is -0.504 e. The molecule has 0 spiro atoms. The average molecular weight is 212 g/mol. The van der Waals surface area contributed by atoms with Gasteiger partial charge in [0.05, 0.1) is 5.92 Å². The molecule has 1 aromatic rings. The van der Waals surface area contributed by atoms with E-state index in [0.717, 1.165) is 6.07 Å². The van der Waals surface area contributed by atoms with E-state index in [2.05, 4.69) is 0 Å². The van der Waals surface area contributed by atoms with Crippen molar-refractivity contribution in [3.05, 3.63) is 17.7 Å². The van der Waals surface area contributed by atoms with Gasteiger partial charge >= 0.3 is 5.97 Å². The summed E-state index contributed by atoms with van der Waals surface area (Å²) in [4.78, 5) is 10.8. The Bertz CT molecular complexity index is 386. The van der Waals surface area contributed by atoms with Crippen LogP contribution in [0.15, 0.2) is 12.1 Å². The van der Waals surface area contributed by atoms with Gasteiger partial charge in [-0.2, -0.15) is 0 Å². The van der Waals surface area contributed by atoms with Crippen molar-refractivity contribution in [1.82, 2.24) is 0 Å². The van der Waals surface area contributed by atoms with Gasteiger partial charge in [-0.05, 0) is 12.5 Å². The fraction of sp³-hybridized carbons (Fsp3) is 0.300. The van der Waals surface area contributed by atoms with E-state index in [9.17, 15) is 15.0 Å². The van der Waals surface area contributed by atoms with Crippen molar-refractivity contribution in [3.8, 4) is 17.2 Å². The molecule has 0 aliphatic carbocycles. The molecule has 0 aliphatic rings. The zero-order chi connectivity index (χ0) is 11.6. The quantitative estimate of drug-likeness (QED) is 0.567. The topological polar surface area (TPSA) is 98.0 Å². The lowest BCUT2D eigenvalue weighted by Crippen LogP contribution is -2.10. The molecule has 0 amide bonds. The Morgan fingerprint density at radius 1 is 1.27 bits per heavy atom. The molecule has 0 fully saturated rings. The summed E-state index contributed by atoms with van der Waals surface area (Å²) in [6, 6.07) is 2.43. The number of rotatable bonds is 3. The van der Waals surface area contributed by atoms with Crippen molar-refractivity contribution < 1.29 is 25.2 Å². The highest BCUT2D eigenvalue weighted by atomic mass is 16.4. The number of phenols is 3. The van der Waals surface area contributed by atoms with Gasteiger partial charge in [0.2, 0.25) is 5.75 Å². The molecule has 0 bridgehead atoms. The average Bonchev–Trinajstić information content (AvgIpc) is 2.18. The van der Waals surface area contributed by atoms with Crippen molar-refractivity contribution in [3.63, 3.8) is 0 Å². The van der Waals surface area contributed by atoms with Crippen LogP contribution >= 0.6 is 0 Å². The van der Waals surface area contributed by atoms with Crippen LogP contribution in [0.2, 0.25) is 0 Å². The van der Waals surface area contributed by atoms with Crippen LogP contribution in [0.4, 0.5) is 0 Å². The minimum atomic E-state index is -1.09. The maximum atomic E-state index is 10.8. The number of carboxylic acids is 1. The maximum Gasteiger partial charge on any atom is 0.311 e. The predicted molar refractivity (Wildman–Crippen MR) is 52.1 cm³/mol. The molecule has 1 aromatic carbocycles.